The topological polar surface area (TPSA) is 94.4 Å². The van der Waals surface area contributed by atoms with Gasteiger partial charge < -0.3 is 10.1 Å². The minimum Gasteiger partial charge on any atom is -0.494 e. The summed E-state index contributed by atoms with van der Waals surface area (Å²) in [6, 6.07) is 12.1. The summed E-state index contributed by atoms with van der Waals surface area (Å²) in [5.74, 6) is -0.00784. The molecule has 0 aliphatic heterocycles. The van der Waals surface area contributed by atoms with Crippen LogP contribution >= 0.6 is 11.8 Å². The van der Waals surface area contributed by atoms with Crippen molar-refractivity contribution in [2.45, 2.75) is 31.0 Å². The number of hydrogen-bond acceptors (Lipinski definition) is 6. The number of nitro benzene ring substituents is 1. The zero-order valence-corrected chi connectivity index (χ0v) is 17.4. The van der Waals surface area contributed by atoms with Crippen LogP contribution in [0.3, 0.4) is 0 Å². The van der Waals surface area contributed by atoms with Gasteiger partial charge in [-0.1, -0.05) is 30.0 Å². The van der Waals surface area contributed by atoms with Crippen molar-refractivity contribution in [1.82, 2.24) is 4.98 Å². The molecule has 150 valence electrons. The molecule has 0 unspecified atom stereocenters. The number of pyridine rings is 1. The molecule has 0 bridgehead atoms. The molecule has 3 aromatic rings. The highest BCUT2D eigenvalue weighted by Gasteiger charge is 2.19. The number of methoxy groups -OCH3 is 1. The largest absolute Gasteiger partial charge is 0.494 e. The van der Waals surface area contributed by atoms with E-state index >= 15 is 0 Å². The second kappa shape index (κ2) is 8.48. The first kappa shape index (κ1) is 20.6. The van der Waals surface area contributed by atoms with Gasteiger partial charge in [0.15, 0.2) is 0 Å². The van der Waals surface area contributed by atoms with Crippen LogP contribution in [0.5, 0.6) is 5.75 Å². The number of para-hydroxylation sites is 1. The maximum absolute atomic E-state index is 12.7. The molecule has 1 heterocycles. The number of hydrogen-bond donors (Lipinski definition) is 1. The van der Waals surface area contributed by atoms with Gasteiger partial charge in [-0.05, 0) is 44.0 Å². The average Bonchev–Trinajstić information content (AvgIpc) is 2.69. The third kappa shape index (κ3) is 4.48. The smallest absolute Gasteiger partial charge is 0.273 e. The zero-order chi connectivity index (χ0) is 21.1. The molecular formula is C21H21N3O4S. The number of carbonyl (C=O) groups is 1. The van der Waals surface area contributed by atoms with Gasteiger partial charge in [-0.2, -0.15) is 0 Å². The zero-order valence-electron chi connectivity index (χ0n) is 16.6. The first-order chi connectivity index (χ1) is 13.8. The standard InChI is InChI=1S/C21H21N3O4S/c1-12-6-5-7-16-13(2)10-19(23-20(12)16)29-14(3)21(25)22-17-9-8-15(24(26)27)11-18(17)28-4/h5-11,14H,1-4H3,(H,22,25)/t14-/m0/s1. The molecule has 0 saturated carbocycles. The van der Waals surface area contributed by atoms with E-state index in [0.717, 1.165) is 27.1 Å². The van der Waals surface area contributed by atoms with Crippen LogP contribution in [0.1, 0.15) is 18.1 Å². The van der Waals surface area contributed by atoms with Gasteiger partial charge in [-0.15, -0.1) is 0 Å². The number of nitro groups is 1. The van der Waals surface area contributed by atoms with Crippen LogP contribution in [0.4, 0.5) is 11.4 Å². The van der Waals surface area contributed by atoms with E-state index in [0.29, 0.717) is 5.69 Å². The second-order valence-corrected chi connectivity index (χ2v) is 8.00. The number of nitrogens with one attached hydrogen (secondary N) is 1. The van der Waals surface area contributed by atoms with Crippen LogP contribution in [0, 0.1) is 24.0 Å². The van der Waals surface area contributed by atoms with Crippen LogP contribution < -0.4 is 10.1 Å². The number of benzene rings is 2. The second-order valence-electron chi connectivity index (χ2n) is 6.64. The molecule has 1 amide bonds. The van der Waals surface area contributed by atoms with Gasteiger partial charge in [0.05, 0.1) is 39.6 Å². The predicted octanol–water partition coefficient (Wildman–Crippen LogP) is 4.89. The molecule has 0 aliphatic carbocycles. The fourth-order valence-corrected chi connectivity index (χ4v) is 3.87. The van der Waals surface area contributed by atoms with Crippen molar-refractivity contribution in [2.75, 3.05) is 12.4 Å². The number of amides is 1. The highest BCUT2D eigenvalue weighted by Crippen LogP contribution is 2.31. The quantitative estimate of drug-likeness (QED) is 0.353. The lowest BCUT2D eigenvalue weighted by Crippen LogP contribution is -2.22. The van der Waals surface area contributed by atoms with Gasteiger partial charge >= 0.3 is 0 Å². The molecule has 0 fully saturated rings. The van der Waals surface area contributed by atoms with Crippen LogP contribution in [-0.4, -0.2) is 28.2 Å². The van der Waals surface area contributed by atoms with Crippen molar-refractivity contribution in [2.24, 2.45) is 0 Å². The summed E-state index contributed by atoms with van der Waals surface area (Å²) < 4.78 is 5.17. The molecule has 7 nitrogen and oxygen atoms in total. The molecule has 3 rings (SSSR count). The van der Waals surface area contributed by atoms with E-state index in [1.54, 1.807) is 6.92 Å². The van der Waals surface area contributed by atoms with Crippen LogP contribution in [0.2, 0.25) is 0 Å². The summed E-state index contributed by atoms with van der Waals surface area (Å²) in [6.45, 7) is 5.83. The third-order valence-corrected chi connectivity index (χ3v) is 5.56. The molecule has 1 aromatic heterocycles. The van der Waals surface area contributed by atoms with E-state index in [1.165, 1.54) is 37.1 Å². The number of anilines is 1. The monoisotopic (exact) mass is 411 g/mol. The van der Waals surface area contributed by atoms with Gasteiger partial charge in [0.25, 0.3) is 5.69 Å². The lowest BCUT2D eigenvalue weighted by molar-refractivity contribution is -0.384. The van der Waals surface area contributed by atoms with Crippen molar-refractivity contribution in [3.05, 3.63) is 63.7 Å². The lowest BCUT2D eigenvalue weighted by Gasteiger charge is -2.15. The SMILES string of the molecule is COc1cc([N+](=O)[O-])ccc1NC(=O)[C@H](C)Sc1cc(C)c2cccc(C)c2n1. The van der Waals surface area contributed by atoms with Crippen molar-refractivity contribution in [3.8, 4) is 5.75 Å². The Morgan fingerprint density at radius 3 is 2.66 bits per heavy atom. The molecule has 0 spiro atoms. The summed E-state index contributed by atoms with van der Waals surface area (Å²) in [6.07, 6.45) is 0. The van der Waals surface area contributed by atoms with E-state index in [2.05, 4.69) is 5.32 Å². The molecule has 29 heavy (non-hydrogen) atoms. The Morgan fingerprint density at radius 2 is 1.97 bits per heavy atom. The number of rotatable bonds is 6. The number of nitrogens with zero attached hydrogens (tertiary/aromatic N) is 2. The molecule has 0 aliphatic rings. The minimum absolute atomic E-state index is 0.103. The van der Waals surface area contributed by atoms with Crippen molar-refractivity contribution < 1.29 is 14.5 Å². The van der Waals surface area contributed by atoms with E-state index in [9.17, 15) is 14.9 Å². The Hall–Kier alpha value is -3.13. The summed E-state index contributed by atoms with van der Waals surface area (Å²) >= 11 is 1.36. The summed E-state index contributed by atoms with van der Waals surface area (Å²) in [5, 5.41) is 15.1. The van der Waals surface area contributed by atoms with Crippen LogP contribution in [-0.2, 0) is 4.79 Å². The fourth-order valence-electron chi connectivity index (χ4n) is 2.96. The Morgan fingerprint density at radius 1 is 1.21 bits per heavy atom. The minimum atomic E-state index is -0.512. The van der Waals surface area contributed by atoms with Crippen molar-refractivity contribution in [1.29, 1.82) is 0 Å². The summed E-state index contributed by atoms with van der Waals surface area (Å²) in [7, 11) is 1.40. The van der Waals surface area contributed by atoms with E-state index in [1.807, 2.05) is 38.1 Å². The van der Waals surface area contributed by atoms with Gasteiger partial charge in [-0.25, -0.2) is 4.98 Å². The van der Waals surface area contributed by atoms with E-state index < -0.39 is 10.2 Å². The number of aromatic nitrogens is 1. The maximum atomic E-state index is 12.7. The number of carbonyl (C=O) groups excluding carboxylic acids is 1. The lowest BCUT2D eigenvalue weighted by atomic mass is 10.1. The normalized spacial score (nSPS) is 11.9. The third-order valence-electron chi connectivity index (χ3n) is 4.55. The number of thioether (sulfide) groups is 1. The molecular weight excluding hydrogens is 390 g/mol. The van der Waals surface area contributed by atoms with E-state index in [4.69, 9.17) is 9.72 Å². The summed E-state index contributed by atoms with van der Waals surface area (Å²) in [5.41, 5.74) is 3.40. The Labute approximate surface area is 172 Å². The number of fused-ring (bicyclic) bond motifs is 1. The number of non-ortho nitro benzene ring substituents is 1. The van der Waals surface area contributed by atoms with Crippen molar-refractivity contribution >= 4 is 39.9 Å². The number of aryl methyl sites for hydroxylation is 2. The molecule has 1 atom stereocenters. The molecule has 0 saturated heterocycles. The van der Waals surface area contributed by atoms with Gasteiger partial charge in [0, 0.05) is 11.5 Å². The predicted molar refractivity (Wildman–Crippen MR) is 115 cm³/mol. The Balaban J connectivity index is 1.79. The number of ether oxygens (including phenoxy) is 1. The molecule has 1 N–H and O–H groups in total. The van der Waals surface area contributed by atoms with Gasteiger partial charge in [0.2, 0.25) is 5.91 Å². The molecule has 0 radical (unpaired) electrons. The Kier molecular flexibility index (Phi) is 6.03. The van der Waals surface area contributed by atoms with Crippen molar-refractivity contribution in [3.63, 3.8) is 0 Å². The first-order valence-corrected chi connectivity index (χ1v) is 9.85. The molecule has 8 heteroatoms. The highest BCUT2D eigenvalue weighted by atomic mass is 32.2. The van der Waals surface area contributed by atoms with E-state index in [-0.39, 0.29) is 17.3 Å². The highest BCUT2D eigenvalue weighted by molar-refractivity contribution is 8.00. The maximum Gasteiger partial charge on any atom is 0.273 e. The van der Waals surface area contributed by atoms with Crippen LogP contribution in [0.15, 0.2) is 47.5 Å². The van der Waals surface area contributed by atoms with Crippen LogP contribution in [0.25, 0.3) is 10.9 Å². The van der Waals surface area contributed by atoms with Gasteiger partial charge in [0.1, 0.15) is 5.75 Å². The Bertz CT molecular complexity index is 1100. The summed E-state index contributed by atoms with van der Waals surface area (Å²) in [4.78, 5) is 27.8. The van der Waals surface area contributed by atoms with Gasteiger partial charge in [-0.3, -0.25) is 14.9 Å². The molecule has 2 aromatic carbocycles. The average molecular weight is 411 g/mol. The first-order valence-electron chi connectivity index (χ1n) is 8.97. The fraction of sp³-hybridized carbons (Fsp3) is 0.238.